The van der Waals surface area contributed by atoms with Crippen LogP contribution in [-0.4, -0.2) is 47.4 Å². The third kappa shape index (κ3) is 5.40. The van der Waals surface area contributed by atoms with Crippen molar-refractivity contribution in [3.05, 3.63) is 22.4 Å². The number of aliphatic carboxylic acids is 1. The lowest BCUT2D eigenvalue weighted by atomic mass is 10.2. The fourth-order valence-corrected chi connectivity index (χ4v) is 2.27. The molecule has 0 aliphatic carbocycles. The summed E-state index contributed by atoms with van der Waals surface area (Å²) in [5, 5.41) is 13.2. The number of carboxylic acids is 1. The molecule has 0 unspecified atom stereocenters. The minimum absolute atomic E-state index is 0.148. The molecule has 0 aromatic carbocycles. The number of carbonyl (C=O) groups excluding carboxylic acids is 2. The van der Waals surface area contributed by atoms with Gasteiger partial charge in [0.2, 0.25) is 5.91 Å². The Kier molecular flexibility index (Phi) is 6.72. The second-order valence-corrected chi connectivity index (χ2v) is 5.09. The number of nitrogens with zero attached hydrogens (tertiary/aromatic N) is 1. The van der Waals surface area contributed by atoms with Gasteiger partial charge in [-0.05, 0) is 24.8 Å². The van der Waals surface area contributed by atoms with Gasteiger partial charge in [0.15, 0.2) is 0 Å². The Morgan fingerprint density at radius 1 is 1.40 bits per heavy atom. The van der Waals surface area contributed by atoms with Crippen LogP contribution in [0.1, 0.15) is 29.4 Å². The molecule has 1 heterocycles. The van der Waals surface area contributed by atoms with E-state index >= 15 is 0 Å². The highest BCUT2D eigenvalue weighted by Gasteiger charge is 2.14. The zero-order valence-corrected chi connectivity index (χ0v) is 12.1. The number of rotatable bonds is 8. The Hall–Kier alpha value is -1.89. The highest BCUT2D eigenvalue weighted by molar-refractivity contribution is 7.12. The van der Waals surface area contributed by atoms with Gasteiger partial charge in [-0.2, -0.15) is 0 Å². The van der Waals surface area contributed by atoms with Crippen LogP contribution in [0.4, 0.5) is 0 Å². The second kappa shape index (κ2) is 8.31. The van der Waals surface area contributed by atoms with Gasteiger partial charge < -0.3 is 15.3 Å². The summed E-state index contributed by atoms with van der Waals surface area (Å²) in [6, 6.07) is 3.53. The van der Waals surface area contributed by atoms with Crippen LogP contribution in [0, 0.1) is 0 Å². The van der Waals surface area contributed by atoms with Crippen molar-refractivity contribution in [2.45, 2.75) is 19.8 Å². The van der Waals surface area contributed by atoms with Crippen LogP contribution in [0.15, 0.2) is 17.5 Å². The largest absolute Gasteiger partial charge is 0.480 e. The van der Waals surface area contributed by atoms with E-state index in [2.05, 4.69) is 5.32 Å². The van der Waals surface area contributed by atoms with E-state index < -0.39 is 5.97 Å². The molecule has 0 saturated carbocycles. The van der Waals surface area contributed by atoms with Crippen molar-refractivity contribution in [3.8, 4) is 0 Å². The van der Waals surface area contributed by atoms with Crippen molar-refractivity contribution in [3.63, 3.8) is 0 Å². The maximum absolute atomic E-state index is 11.7. The third-order valence-corrected chi connectivity index (χ3v) is 3.53. The average molecular weight is 298 g/mol. The van der Waals surface area contributed by atoms with Crippen LogP contribution < -0.4 is 5.32 Å². The van der Waals surface area contributed by atoms with Crippen molar-refractivity contribution < 1.29 is 19.5 Å². The summed E-state index contributed by atoms with van der Waals surface area (Å²) in [7, 11) is 0. The van der Waals surface area contributed by atoms with Gasteiger partial charge in [0.25, 0.3) is 5.91 Å². The van der Waals surface area contributed by atoms with Gasteiger partial charge in [-0.1, -0.05) is 6.07 Å². The molecule has 0 fully saturated rings. The summed E-state index contributed by atoms with van der Waals surface area (Å²) in [6.07, 6.45) is 0.720. The number of hydrogen-bond acceptors (Lipinski definition) is 4. The highest BCUT2D eigenvalue weighted by Crippen LogP contribution is 2.07. The maximum atomic E-state index is 11.7. The quantitative estimate of drug-likeness (QED) is 0.706. The molecule has 0 spiro atoms. The van der Waals surface area contributed by atoms with Crippen molar-refractivity contribution in [2.24, 2.45) is 0 Å². The number of nitrogens with one attached hydrogen (secondary N) is 1. The molecule has 1 aromatic rings. The summed E-state index contributed by atoms with van der Waals surface area (Å²) in [5.41, 5.74) is 0. The zero-order chi connectivity index (χ0) is 15.0. The molecular formula is C13H18N2O4S. The van der Waals surface area contributed by atoms with Gasteiger partial charge in [-0.25, -0.2) is 0 Å². The minimum atomic E-state index is -1.02. The number of carboxylic acid groups (broad SMARTS) is 1. The number of hydrogen-bond donors (Lipinski definition) is 2. The lowest BCUT2D eigenvalue weighted by molar-refractivity contribution is -0.144. The number of amides is 2. The lowest BCUT2D eigenvalue weighted by Crippen LogP contribution is -2.35. The summed E-state index contributed by atoms with van der Waals surface area (Å²) in [4.78, 5) is 35.8. The first-order valence-electron chi connectivity index (χ1n) is 6.35. The zero-order valence-electron chi connectivity index (χ0n) is 11.3. The Morgan fingerprint density at radius 2 is 2.15 bits per heavy atom. The normalized spacial score (nSPS) is 10.1. The molecule has 0 bridgehead atoms. The van der Waals surface area contributed by atoms with Crippen LogP contribution in [0.25, 0.3) is 0 Å². The lowest BCUT2D eigenvalue weighted by Gasteiger charge is -2.18. The molecule has 6 nitrogen and oxygen atoms in total. The maximum Gasteiger partial charge on any atom is 0.323 e. The van der Waals surface area contributed by atoms with E-state index in [1.165, 1.54) is 16.2 Å². The molecule has 7 heteroatoms. The molecule has 2 amide bonds. The van der Waals surface area contributed by atoms with Gasteiger partial charge in [0.05, 0.1) is 4.88 Å². The van der Waals surface area contributed by atoms with Crippen LogP contribution in [0.2, 0.25) is 0 Å². The average Bonchev–Trinajstić information content (AvgIpc) is 2.94. The third-order valence-electron chi connectivity index (χ3n) is 2.66. The van der Waals surface area contributed by atoms with Crippen LogP contribution >= 0.6 is 11.3 Å². The summed E-state index contributed by atoms with van der Waals surface area (Å²) in [5.74, 6) is -1.38. The number of thiophene rings is 1. The van der Waals surface area contributed by atoms with Gasteiger partial charge in [-0.3, -0.25) is 14.4 Å². The SMILES string of the molecule is CCN(CC(=O)O)C(=O)CCCNC(=O)c1cccs1. The molecule has 2 N–H and O–H groups in total. The standard InChI is InChI=1S/C13H18N2O4S/c1-2-15(9-12(17)18)11(16)6-3-7-14-13(19)10-5-4-8-20-10/h4-5,8H,2-3,6-7,9H2,1H3,(H,14,19)(H,17,18). The van der Waals surface area contributed by atoms with E-state index in [9.17, 15) is 14.4 Å². The van der Waals surface area contributed by atoms with Crippen LogP contribution in [-0.2, 0) is 9.59 Å². The van der Waals surface area contributed by atoms with Gasteiger partial charge >= 0.3 is 5.97 Å². The van der Waals surface area contributed by atoms with Crippen molar-refractivity contribution in [2.75, 3.05) is 19.6 Å². The first-order valence-corrected chi connectivity index (χ1v) is 7.23. The van der Waals surface area contributed by atoms with E-state index in [0.29, 0.717) is 24.4 Å². The van der Waals surface area contributed by atoms with Crippen molar-refractivity contribution >= 4 is 29.1 Å². The second-order valence-electron chi connectivity index (χ2n) is 4.14. The molecule has 0 aliphatic rings. The van der Waals surface area contributed by atoms with E-state index in [1.807, 2.05) is 5.38 Å². The molecular weight excluding hydrogens is 280 g/mol. The molecule has 20 heavy (non-hydrogen) atoms. The molecule has 1 rings (SSSR count). The molecule has 1 aromatic heterocycles. The van der Waals surface area contributed by atoms with E-state index in [4.69, 9.17) is 5.11 Å². The Balaban J connectivity index is 2.24. The van der Waals surface area contributed by atoms with Crippen molar-refractivity contribution in [1.29, 1.82) is 0 Å². The van der Waals surface area contributed by atoms with Gasteiger partial charge in [-0.15, -0.1) is 11.3 Å². The van der Waals surface area contributed by atoms with Crippen LogP contribution in [0.3, 0.4) is 0 Å². The van der Waals surface area contributed by atoms with Gasteiger partial charge in [0, 0.05) is 19.5 Å². The highest BCUT2D eigenvalue weighted by atomic mass is 32.1. The summed E-state index contributed by atoms with van der Waals surface area (Å²) < 4.78 is 0. The Bertz CT molecular complexity index is 459. The molecule has 0 aliphatic heterocycles. The van der Waals surface area contributed by atoms with Crippen molar-refractivity contribution in [1.82, 2.24) is 10.2 Å². The predicted molar refractivity (Wildman–Crippen MR) is 75.8 cm³/mol. The predicted octanol–water partition coefficient (Wildman–Crippen LogP) is 1.19. The fourth-order valence-electron chi connectivity index (χ4n) is 1.63. The Labute approximate surface area is 121 Å². The summed E-state index contributed by atoms with van der Waals surface area (Å²) >= 11 is 1.36. The fraction of sp³-hybridized carbons (Fsp3) is 0.462. The van der Waals surface area contributed by atoms with Gasteiger partial charge in [0.1, 0.15) is 6.54 Å². The molecule has 0 saturated heterocycles. The number of carbonyl (C=O) groups is 3. The topological polar surface area (TPSA) is 86.7 Å². The Morgan fingerprint density at radius 3 is 2.70 bits per heavy atom. The number of likely N-dealkylation sites (N-methyl/N-ethyl adjacent to an activating group) is 1. The molecule has 0 atom stereocenters. The smallest absolute Gasteiger partial charge is 0.323 e. The van der Waals surface area contributed by atoms with E-state index in [1.54, 1.807) is 19.1 Å². The molecule has 0 radical (unpaired) electrons. The molecule has 110 valence electrons. The van der Waals surface area contributed by atoms with E-state index in [0.717, 1.165) is 0 Å². The van der Waals surface area contributed by atoms with Crippen LogP contribution in [0.5, 0.6) is 0 Å². The first-order chi connectivity index (χ1) is 9.54. The summed E-state index contributed by atoms with van der Waals surface area (Å²) in [6.45, 7) is 2.22. The van der Waals surface area contributed by atoms with E-state index in [-0.39, 0.29) is 24.8 Å². The minimum Gasteiger partial charge on any atom is -0.480 e. The first kappa shape index (κ1) is 16.2. The monoisotopic (exact) mass is 298 g/mol.